The third-order valence-corrected chi connectivity index (χ3v) is 3.17. The highest BCUT2D eigenvalue weighted by Gasteiger charge is 2.07. The quantitative estimate of drug-likeness (QED) is 0.890. The molecule has 84 valence electrons. The molecule has 1 unspecified atom stereocenters. The Bertz CT molecular complexity index is 303. The maximum Gasteiger partial charge on any atom is 0.0664 e. The van der Waals surface area contributed by atoms with Crippen LogP contribution in [0.3, 0.4) is 0 Å². The van der Waals surface area contributed by atoms with Gasteiger partial charge in [0.2, 0.25) is 0 Å². The van der Waals surface area contributed by atoms with Gasteiger partial charge in [0.05, 0.1) is 6.10 Å². The fraction of sp³-hybridized carbons (Fsp3) is 0.500. The van der Waals surface area contributed by atoms with Gasteiger partial charge in [-0.05, 0) is 25.1 Å². The lowest BCUT2D eigenvalue weighted by atomic mass is 10.2. The van der Waals surface area contributed by atoms with Crippen LogP contribution in [0.25, 0.3) is 0 Å². The lowest BCUT2D eigenvalue weighted by Gasteiger charge is -2.20. The average molecular weight is 272 g/mol. The summed E-state index contributed by atoms with van der Waals surface area (Å²) >= 11 is 3.52. The molecule has 1 N–H and O–H groups in total. The summed E-state index contributed by atoms with van der Waals surface area (Å²) in [6.07, 6.45) is 0.581. The Hall–Kier alpha value is -0.380. The van der Waals surface area contributed by atoms with E-state index < -0.39 is 0 Å². The first-order chi connectivity index (χ1) is 7.13. The Labute approximate surface area is 100 Å². The minimum absolute atomic E-state index is 0.225. The van der Waals surface area contributed by atoms with Crippen LogP contribution in [0.4, 0.5) is 0 Å². The zero-order valence-corrected chi connectivity index (χ0v) is 10.9. The fourth-order valence-corrected chi connectivity index (χ4v) is 1.88. The van der Waals surface area contributed by atoms with Crippen molar-refractivity contribution in [2.24, 2.45) is 0 Å². The molecule has 1 aromatic carbocycles. The van der Waals surface area contributed by atoms with Crippen molar-refractivity contribution >= 4 is 15.9 Å². The van der Waals surface area contributed by atoms with Gasteiger partial charge in [-0.1, -0.05) is 41.1 Å². The molecule has 0 heterocycles. The van der Waals surface area contributed by atoms with E-state index in [1.165, 1.54) is 5.56 Å². The number of hydrogen-bond acceptors (Lipinski definition) is 2. The van der Waals surface area contributed by atoms with Gasteiger partial charge >= 0.3 is 0 Å². The normalized spacial score (nSPS) is 13.1. The first kappa shape index (κ1) is 12.7. The number of aliphatic hydroxyl groups excluding tert-OH is 1. The van der Waals surface area contributed by atoms with E-state index in [0.717, 1.165) is 24.0 Å². The Kier molecular flexibility index (Phi) is 5.29. The van der Waals surface area contributed by atoms with Gasteiger partial charge in [-0.3, -0.25) is 4.90 Å². The van der Waals surface area contributed by atoms with Crippen LogP contribution in [-0.2, 0) is 6.54 Å². The zero-order valence-electron chi connectivity index (χ0n) is 9.28. The van der Waals surface area contributed by atoms with E-state index in [1.54, 1.807) is 0 Å². The Balaban J connectivity index is 2.51. The van der Waals surface area contributed by atoms with E-state index in [2.05, 4.69) is 26.9 Å². The number of nitrogens with zero attached hydrogens (tertiary/aromatic N) is 1. The molecule has 2 nitrogen and oxygen atoms in total. The summed E-state index contributed by atoms with van der Waals surface area (Å²) in [5.74, 6) is 0. The SMILES string of the molecule is CCC(O)CN(C)Cc1ccccc1Br. The van der Waals surface area contributed by atoms with Crippen LogP contribution in [0.15, 0.2) is 28.7 Å². The van der Waals surface area contributed by atoms with Crippen LogP contribution in [0, 0.1) is 0 Å². The number of aliphatic hydroxyl groups is 1. The summed E-state index contributed by atoms with van der Waals surface area (Å²) in [5.41, 5.74) is 1.25. The van der Waals surface area contributed by atoms with Crippen LogP contribution in [0.5, 0.6) is 0 Å². The molecule has 0 saturated heterocycles. The van der Waals surface area contributed by atoms with Gasteiger partial charge in [-0.2, -0.15) is 0 Å². The van der Waals surface area contributed by atoms with Crippen LogP contribution in [-0.4, -0.2) is 29.7 Å². The highest BCUT2D eigenvalue weighted by atomic mass is 79.9. The topological polar surface area (TPSA) is 23.5 Å². The molecule has 0 amide bonds. The molecule has 0 bridgehead atoms. The summed E-state index contributed by atoms with van der Waals surface area (Å²) in [6, 6.07) is 8.18. The van der Waals surface area contributed by atoms with Gasteiger partial charge in [0.1, 0.15) is 0 Å². The molecule has 0 spiro atoms. The van der Waals surface area contributed by atoms with Crippen molar-refractivity contribution < 1.29 is 5.11 Å². The molecule has 0 fully saturated rings. The molecule has 1 aromatic rings. The third kappa shape index (κ3) is 4.33. The van der Waals surface area contributed by atoms with Crippen molar-refractivity contribution in [3.63, 3.8) is 0 Å². The highest BCUT2D eigenvalue weighted by Crippen LogP contribution is 2.17. The molecule has 0 aliphatic rings. The highest BCUT2D eigenvalue weighted by molar-refractivity contribution is 9.10. The van der Waals surface area contributed by atoms with Gasteiger partial charge in [0.15, 0.2) is 0 Å². The molecule has 0 saturated carbocycles. The van der Waals surface area contributed by atoms with Crippen LogP contribution in [0.1, 0.15) is 18.9 Å². The minimum atomic E-state index is -0.225. The van der Waals surface area contributed by atoms with Gasteiger partial charge < -0.3 is 5.11 Å². The lowest BCUT2D eigenvalue weighted by Crippen LogP contribution is -2.28. The Morgan fingerprint density at radius 2 is 2.07 bits per heavy atom. The van der Waals surface area contributed by atoms with Crippen molar-refractivity contribution in [1.82, 2.24) is 4.90 Å². The largest absolute Gasteiger partial charge is 0.392 e. The lowest BCUT2D eigenvalue weighted by molar-refractivity contribution is 0.119. The van der Waals surface area contributed by atoms with E-state index in [0.29, 0.717) is 0 Å². The number of hydrogen-bond donors (Lipinski definition) is 1. The van der Waals surface area contributed by atoms with Gasteiger partial charge in [-0.15, -0.1) is 0 Å². The molecular formula is C12H18BrNO. The monoisotopic (exact) mass is 271 g/mol. The summed E-state index contributed by atoms with van der Waals surface area (Å²) in [5, 5.41) is 9.52. The third-order valence-electron chi connectivity index (χ3n) is 2.39. The standard InChI is InChI=1S/C12H18BrNO/c1-3-11(15)9-14(2)8-10-6-4-5-7-12(10)13/h4-7,11,15H,3,8-9H2,1-2H3. The van der Waals surface area contributed by atoms with Crippen LogP contribution < -0.4 is 0 Å². The van der Waals surface area contributed by atoms with Gasteiger partial charge in [0.25, 0.3) is 0 Å². The average Bonchev–Trinajstić information content (AvgIpc) is 2.21. The number of benzene rings is 1. The molecule has 1 atom stereocenters. The van der Waals surface area contributed by atoms with E-state index in [-0.39, 0.29) is 6.10 Å². The molecule has 0 aliphatic carbocycles. The summed E-state index contributed by atoms with van der Waals surface area (Å²) in [4.78, 5) is 2.13. The van der Waals surface area contributed by atoms with Crippen LogP contribution >= 0.6 is 15.9 Å². The Morgan fingerprint density at radius 3 is 2.67 bits per heavy atom. The fourth-order valence-electron chi connectivity index (χ4n) is 1.47. The summed E-state index contributed by atoms with van der Waals surface area (Å²) in [6.45, 7) is 3.58. The van der Waals surface area contributed by atoms with Crippen molar-refractivity contribution in [3.05, 3.63) is 34.3 Å². The van der Waals surface area contributed by atoms with Crippen molar-refractivity contribution in [1.29, 1.82) is 0 Å². The van der Waals surface area contributed by atoms with E-state index >= 15 is 0 Å². The maximum absolute atomic E-state index is 9.52. The van der Waals surface area contributed by atoms with Gasteiger partial charge in [-0.25, -0.2) is 0 Å². The molecular weight excluding hydrogens is 254 g/mol. The van der Waals surface area contributed by atoms with E-state index in [1.807, 2.05) is 32.2 Å². The molecule has 0 aliphatic heterocycles. The molecule has 0 aromatic heterocycles. The smallest absolute Gasteiger partial charge is 0.0664 e. The second kappa shape index (κ2) is 6.26. The van der Waals surface area contributed by atoms with E-state index in [9.17, 15) is 5.11 Å². The first-order valence-electron chi connectivity index (χ1n) is 5.23. The second-order valence-corrected chi connectivity index (χ2v) is 4.70. The van der Waals surface area contributed by atoms with Crippen molar-refractivity contribution in [2.45, 2.75) is 26.0 Å². The van der Waals surface area contributed by atoms with Crippen molar-refractivity contribution in [3.8, 4) is 0 Å². The van der Waals surface area contributed by atoms with E-state index in [4.69, 9.17) is 0 Å². The first-order valence-corrected chi connectivity index (χ1v) is 6.02. The summed E-state index contributed by atoms with van der Waals surface area (Å²) in [7, 11) is 2.03. The molecule has 1 rings (SSSR count). The second-order valence-electron chi connectivity index (χ2n) is 3.85. The molecule has 15 heavy (non-hydrogen) atoms. The number of likely N-dealkylation sites (N-methyl/N-ethyl adjacent to an activating group) is 1. The predicted molar refractivity (Wildman–Crippen MR) is 66.8 cm³/mol. The van der Waals surface area contributed by atoms with Crippen LogP contribution in [0.2, 0.25) is 0 Å². The minimum Gasteiger partial charge on any atom is -0.392 e. The van der Waals surface area contributed by atoms with Gasteiger partial charge in [0, 0.05) is 17.6 Å². The molecule has 3 heteroatoms. The molecule has 0 radical (unpaired) electrons. The predicted octanol–water partition coefficient (Wildman–Crippen LogP) is 2.65. The number of rotatable bonds is 5. The maximum atomic E-state index is 9.52. The zero-order chi connectivity index (χ0) is 11.3. The van der Waals surface area contributed by atoms with Crippen molar-refractivity contribution in [2.75, 3.05) is 13.6 Å². The Morgan fingerprint density at radius 1 is 1.40 bits per heavy atom. The number of halogens is 1. The summed E-state index contributed by atoms with van der Waals surface area (Å²) < 4.78 is 1.13.